The first-order valence-corrected chi connectivity index (χ1v) is 7.18. The lowest BCUT2D eigenvalue weighted by Crippen LogP contribution is -2.47. The quantitative estimate of drug-likeness (QED) is 0.707. The summed E-state index contributed by atoms with van der Waals surface area (Å²) < 4.78 is 5.31. The van der Waals surface area contributed by atoms with Gasteiger partial charge in [0.2, 0.25) is 0 Å². The molecule has 5 atom stereocenters. The number of carbonyl (C=O) groups excluding carboxylic acids is 2. The van der Waals surface area contributed by atoms with Crippen LogP contribution in [0.4, 0.5) is 0 Å². The summed E-state index contributed by atoms with van der Waals surface area (Å²) in [5.41, 5.74) is -0.596. The second-order valence-corrected chi connectivity index (χ2v) is 6.60. The van der Waals surface area contributed by atoms with Gasteiger partial charge in [-0.05, 0) is 50.9 Å². The molecule has 3 heteroatoms. The number of hydrogen-bond acceptors (Lipinski definition) is 3. The molecule has 1 spiro atoms. The van der Waals surface area contributed by atoms with Crippen molar-refractivity contribution in [2.24, 2.45) is 28.6 Å². The van der Waals surface area contributed by atoms with Crippen LogP contribution >= 0.6 is 0 Å². The SMILES string of the molecule is CCOC(=O)[C@]1(C)[C@@H]2CC(=O)[C@]3(C2)[C@H](C)CC[C@@H]13. The highest BCUT2D eigenvalue weighted by atomic mass is 16.5. The molecule has 0 saturated heterocycles. The van der Waals surface area contributed by atoms with Crippen molar-refractivity contribution in [3.05, 3.63) is 0 Å². The summed E-state index contributed by atoms with van der Waals surface area (Å²) in [5.74, 6) is 1.24. The van der Waals surface area contributed by atoms with Crippen molar-refractivity contribution < 1.29 is 14.3 Å². The largest absolute Gasteiger partial charge is 0.466 e. The number of fused-ring (bicyclic) bond motifs is 1. The molecular formula is C15H22O3. The van der Waals surface area contributed by atoms with Gasteiger partial charge in [0.1, 0.15) is 5.78 Å². The second kappa shape index (κ2) is 3.58. The molecule has 0 aliphatic heterocycles. The van der Waals surface area contributed by atoms with Gasteiger partial charge < -0.3 is 4.74 Å². The van der Waals surface area contributed by atoms with E-state index in [1.54, 1.807) is 0 Å². The Balaban J connectivity index is 2.02. The van der Waals surface area contributed by atoms with Crippen LogP contribution in [0.5, 0.6) is 0 Å². The van der Waals surface area contributed by atoms with Gasteiger partial charge in [-0.2, -0.15) is 0 Å². The zero-order valence-corrected chi connectivity index (χ0v) is 11.5. The first-order valence-electron chi connectivity index (χ1n) is 7.18. The van der Waals surface area contributed by atoms with E-state index in [9.17, 15) is 9.59 Å². The average Bonchev–Trinajstić information content (AvgIpc) is 2.91. The van der Waals surface area contributed by atoms with Crippen molar-refractivity contribution in [3.8, 4) is 0 Å². The van der Waals surface area contributed by atoms with Crippen molar-refractivity contribution >= 4 is 11.8 Å². The van der Waals surface area contributed by atoms with Crippen LogP contribution < -0.4 is 0 Å². The van der Waals surface area contributed by atoms with E-state index >= 15 is 0 Å². The van der Waals surface area contributed by atoms with Crippen LogP contribution in [0.25, 0.3) is 0 Å². The molecule has 3 aliphatic carbocycles. The van der Waals surface area contributed by atoms with Gasteiger partial charge in [0.15, 0.2) is 0 Å². The van der Waals surface area contributed by atoms with Crippen molar-refractivity contribution in [2.45, 2.75) is 46.5 Å². The molecule has 3 aliphatic rings. The van der Waals surface area contributed by atoms with Crippen LogP contribution in [0.3, 0.4) is 0 Å². The molecule has 0 heterocycles. The summed E-state index contributed by atoms with van der Waals surface area (Å²) in [6.45, 7) is 6.53. The minimum absolute atomic E-state index is 0.0662. The normalized spacial score (nSPS) is 49.5. The maximum atomic E-state index is 12.4. The van der Waals surface area contributed by atoms with Crippen molar-refractivity contribution in [1.29, 1.82) is 0 Å². The maximum Gasteiger partial charge on any atom is 0.312 e. The number of rotatable bonds is 2. The molecule has 0 unspecified atom stereocenters. The number of hydrogen-bond donors (Lipinski definition) is 0. The van der Waals surface area contributed by atoms with E-state index in [0.717, 1.165) is 19.3 Å². The fourth-order valence-corrected chi connectivity index (χ4v) is 5.23. The Morgan fingerprint density at radius 3 is 2.83 bits per heavy atom. The van der Waals surface area contributed by atoms with Gasteiger partial charge in [-0.1, -0.05) is 6.92 Å². The molecule has 3 fully saturated rings. The van der Waals surface area contributed by atoms with E-state index in [1.165, 1.54) is 0 Å². The molecule has 0 aromatic heterocycles. The highest BCUT2D eigenvalue weighted by Crippen LogP contribution is 2.72. The van der Waals surface area contributed by atoms with Crippen molar-refractivity contribution in [2.75, 3.05) is 6.61 Å². The summed E-state index contributed by atoms with van der Waals surface area (Å²) >= 11 is 0. The summed E-state index contributed by atoms with van der Waals surface area (Å²) in [6, 6.07) is 0. The third-order valence-electron chi connectivity index (χ3n) is 6.21. The van der Waals surface area contributed by atoms with Gasteiger partial charge in [-0.15, -0.1) is 0 Å². The Labute approximate surface area is 108 Å². The topological polar surface area (TPSA) is 43.4 Å². The van der Waals surface area contributed by atoms with Gasteiger partial charge in [0.05, 0.1) is 12.0 Å². The lowest BCUT2D eigenvalue weighted by molar-refractivity contribution is -0.164. The molecule has 0 aromatic carbocycles. The van der Waals surface area contributed by atoms with Crippen LogP contribution in [-0.4, -0.2) is 18.4 Å². The van der Waals surface area contributed by atoms with Gasteiger partial charge in [-0.25, -0.2) is 0 Å². The molecule has 3 nitrogen and oxygen atoms in total. The minimum Gasteiger partial charge on any atom is -0.466 e. The number of Topliss-reactive ketones (excluding diaryl/α,β-unsaturated/α-hetero) is 1. The Hall–Kier alpha value is -0.860. The average molecular weight is 250 g/mol. The summed E-state index contributed by atoms with van der Waals surface area (Å²) in [6.07, 6.45) is 3.61. The predicted octanol–water partition coefficient (Wildman–Crippen LogP) is 2.58. The van der Waals surface area contributed by atoms with E-state index in [1.807, 2.05) is 13.8 Å². The molecule has 18 heavy (non-hydrogen) atoms. The minimum atomic E-state index is -0.408. The van der Waals surface area contributed by atoms with Gasteiger partial charge >= 0.3 is 5.97 Å². The molecule has 3 saturated carbocycles. The molecular weight excluding hydrogens is 228 g/mol. The van der Waals surface area contributed by atoms with Crippen LogP contribution in [0.15, 0.2) is 0 Å². The van der Waals surface area contributed by atoms with Gasteiger partial charge in [-0.3, -0.25) is 9.59 Å². The summed E-state index contributed by atoms with van der Waals surface area (Å²) in [4.78, 5) is 24.7. The number of ketones is 1. The molecule has 3 rings (SSSR count). The number of carbonyl (C=O) groups is 2. The van der Waals surface area contributed by atoms with Crippen LogP contribution in [-0.2, 0) is 14.3 Å². The Morgan fingerprint density at radius 2 is 2.17 bits per heavy atom. The molecule has 100 valence electrons. The van der Waals surface area contributed by atoms with Crippen molar-refractivity contribution in [3.63, 3.8) is 0 Å². The number of esters is 1. The Morgan fingerprint density at radius 1 is 1.44 bits per heavy atom. The monoisotopic (exact) mass is 250 g/mol. The fourth-order valence-electron chi connectivity index (χ4n) is 5.23. The molecule has 0 amide bonds. The van der Waals surface area contributed by atoms with Crippen molar-refractivity contribution in [1.82, 2.24) is 0 Å². The standard InChI is InChI=1S/C15H22O3/c1-4-18-13(17)14(3)10-7-12(16)15(8-10)9(2)5-6-11(14)15/h9-11H,4-8H2,1-3H3/t9-,10-,11+,14-,15-/m1/s1. The van der Waals surface area contributed by atoms with E-state index in [4.69, 9.17) is 4.74 Å². The molecule has 2 bridgehead atoms. The smallest absolute Gasteiger partial charge is 0.312 e. The predicted molar refractivity (Wildman–Crippen MR) is 66.8 cm³/mol. The van der Waals surface area contributed by atoms with E-state index in [2.05, 4.69) is 6.92 Å². The highest BCUT2D eigenvalue weighted by Gasteiger charge is 2.73. The van der Waals surface area contributed by atoms with E-state index < -0.39 is 5.41 Å². The molecule has 0 N–H and O–H groups in total. The van der Waals surface area contributed by atoms with Crippen LogP contribution in [0.1, 0.15) is 46.5 Å². The lowest BCUT2D eigenvalue weighted by atomic mass is 9.62. The summed E-state index contributed by atoms with van der Waals surface area (Å²) in [7, 11) is 0. The summed E-state index contributed by atoms with van der Waals surface area (Å²) in [5, 5.41) is 0. The van der Waals surface area contributed by atoms with Gasteiger partial charge in [0, 0.05) is 11.8 Å². The third kappa shape index (κ3) is 1.11. The van der Waals surface area contributed by atoms with Gasteiger partial charge in [0.25, 0.3) is 0 Å². The zero-order chi connectivity index (χ0) is 13.1. The third-order valence-corrected chi connectivity index (χ3v) is 6.21. The second-order valence-electron chi connectivity index (χ2n) is 6.60. The number of ether oxygens (including phenoxy) is 1. The molecule has 0 radical (unpaired) electrons. The fraction of sp³-hybridized carbons (Fsp3) is 0.867. The first-order chi connectivity index (χ1) is 8.47. The molecule has 0 aromatic rings. The van der Waals surface area contributed by atoms with Crippen LogP contribution in [0, 0.1) is 28.6 Å². The zero-order valence-electron chi connectivity index (χ0n) is 11.5. The Bertz CT molecular complexity index is 416. The maximum absolute atomic E-state index is 12.4. The van der Waals surface area contributed by atoms with E-state index in [-0.39, 0.29) is 23.2 Å². The highest BCUT2D eigenvalue weighted by molar-refractivity contribution is 5.93. The Kier molecular flexibility index (Phi) is 2.43. The van der Waals surface area contributed by atoms with E-state index in [0.29, 0.717) is 24.7 Å². The first kappa shape index (κ1) is 12.2. The lowest BCUT2D eigenvalue weighted by Gasteiger charge is -2.40. The van der Waals surface area contributed by atoms with Crippen LogP contribution in [0.2, 0.25) is 0 Å².